The second-order valence-corrected chi connectivity index (χ2v) is 8.15. The molecule has 1 aromatic heterocycles. The van der Waals surface area contributed by atoms with E-state index in [-0.39, 0.29) is 16.6 Å². The zero-order valence-electron chi connectivity index (χ0n) is 12.0. The molecule has 0 saturated carbocycles. The minimum Gasteiger partial charge on any atom is -0.317 e. The zero-order chi connectivity index (χ0) is 13.7. The number of carbonyl (C=O) groups excluding carboxylic acids is 1. The Kier molecular flexibility index (Phi) is 3.06. The van der Waals surface area contributed by atoms with Crippen molar-refractivity contribution >= 4 is 17.1 Å². The number of ketones is 1. The number of rotatable bonds is 0. The third kappa shape index (κ3) is 2.36. The van der Waals surface area contributed by atoms with Gasteiger partial charge in [-0.2, -0.15) is 0 Å². The van der Waals surface area contributed by atoms with E-state index in [0.717, 1.165) is 43.1 Å². The van der Waals surface area contributed by atoms with Crippen molar-refractivity contribution in [3.63, 3.8) is 0 Å². The van der Waals surface area contributed by atoms with Crippen LogP contribution in [0.3, 0.4) is 0 Å². The first kappa shape index (κ1) is 13.3. The van der Waals surface area contributed by atoms with Crippen molar-refractivity contribution in [2.24, 2.45) is 5.41 Å². The Morgan fingerprint density at radius 3 is 2.53 bits per heavy atom. The molecule has 1 N–H and O–H groups in total. The van der Waals surface area contributed by atoms with Gasteiger partial charge in [0, 0.05) is 16.7 Å². The maximum absolute atomic E-state index is 12.4. The van der Waals surface area contributed by atoms with Crippen LogP contribution >= 0.6 is 11.3 Å². The van der Waals surface area contributed by atoms with Crippen molar-refractivity contribution < 1.29 is 4.79 Å². The van der Waals surface area contributed by atoms with Crippen LogP contribution in [-0.2, 0) is 11.8 Å². The standard InChI is InChI=1S/C15H22N2OS/c1-14(2,3)13-17-12-10(18)8-15(9-11(12)19-13)4-6-16-7-5-15/h16H,4-9H2,1-3H3. The topological polar surface area (TPSA) is 42.0 Å². The van der Waals surface area contributed by atoms with Crippen molar-refractivity contribution in [3.05, 3.63) is 15.6 Å². The maximum atomic E-state index is 12.4. The Balaban J connectivity index is 1.95. The summed E-state index contributed by atoms with van der Waals surface area (Å²) in [6.07, 6.45) is 4.01. The summed E-state index contributed by atoms with van der Waals surface area (Å²) < 4.78 is 0. The number of fused-ring (bicyclic) bond motifs is 1. The van der Waals surface area contributed by atoms with Crippen LogP contribution in [0.25, 0.3) is 0 Å². The number of aromatic nitrogens is 1. The van der Waals surface area contributed by atoms with Crippen LogP contribution in [0, 0.1) is 5.41 Å². The molecule has 3 nitrogen and oxygen atoms in total. The van der Waals surface area contributed by atoms with Crippen LogP contribution in [0.4, 0.5) is 0 Å². The lowest BCUT2D eigenvalue weighted by Crippen LogP contribution is -2.41. The quantitative estimate of drug-likeness (QED) is 0.793. The number of hydrogen-bond acceptors (Lipinski definition) is 4. The van der Waals surface area contributed by atoms with E-state index in [0.29, 0.717) is 6.42 Å². The number of nitrogens with one attached hydrogen (secondary N) is 1. The van der Waals surface area contributed by atoms with Gasteiger partial charge in [-0.05, 0) is 37.8 Å². The predicted octanol–water partition coefficient (Wildman–Crippen LogP) is 2.94. The molecule has 0 bridgehead atoms. The van der Waals surface area contributed by atoms with Gasteiger partial charge in [-0.3, -0.25) is 4.79 Å². The highest BCUT2D eigenvalue weighted by Gasteiger charge is 2.41. The Bertz CT molecular complexity index is 507. The van der Waals surface area contributed by atoms with Crippen LogP contribution in [-0.4, -0.2) is 23.9 Å². The summed E-state index contributed by atoms with van der Waals surface area (Å²) in [7, 11) is 0. The number of hydrogen-bond donors (Lipinski definition) is 1. The minimum absolute atomic E-state index is 0.0452. The molecule has 0 atom stereocenters. The van der Waals surface area contributed by atoms with Crippen LogP contribution in [0.5, 0.6) is 0 Å². The lowest BCUT2D eigenvalue weighted by atomic mass is 9.69. The number of piperidine rings is 1. The fraction of sp³-hybridized carbons (Fsp3) is 0.733. The second-order valence-electron chi connectivity index (χ2n) is 7.07. The number of carbonyl (C=O) groups is 1. The summed E-state index contributed by atoms with van der Waals surface area (Å²) >= 11 is 1.76. The third-order valence-corrected chi connectivity index (χ3v) is 5.82. The van der Waals surface area contributed by atoms with Crippen molar-refractivity contribution in [3.8, 4) is 0 Å². The molecular weight excluding hydrogens is 256 g/mol. The SMILES string of the molecule is CC(C)(C)c1nc2c(s1)CC1(CCNCC1)CC2=O. The monoisotopic (exact) mass is 278 g/mol. The third-order valence-electron chi connectivity index (χ3n) is 4.34. The first-order valence-electron chi connectivity index (χ1n) is 7.14. The average Bonchev–Trinajstić information content (AvgIpc) is 2.73. The Morgan fingerprint density at radius 1 is 1.21 bits per heavy atom. The van der Waals surface area contributed by atoms with E-state index >= 15 is 0 Å². The highest BCUT2D eigenvalue weighted by molar-refractivity contribution is 7.12. The zero-order valence-corrected chi connectivity index (χ0v) is 12.8. The summed E-state index contributed by atoms with van der Waals surface area (Å²) in [5, 5.41) is 4.51. The molecule has 104 valence electrons. The molecular formula is C15H22N2OS. The summed E-state index contributed by atoms with van der Waals surface area (Å²) in [4.78, 5) is 18.3. The summed E-state index contributed by atoms with van der Waals surface area (Å²) in [6, 6.07) is 0. The van der Waals surface area contributed by atoms with E-state index in [4.69, 9.17) is 0 Å². The molecule has 0 radical (unpaired) electrons. The van der Waals surface area contributed by atoms with E-state index in [1.165, 1.54) is 4.88 Å². The number of nitrogens with zero attached hydrogens (tertiary/aromatic N) is 1. The molecule has 1 aliphatic heterocycles. The summed E-state index contributed by atoms with van der Waals surface area (Å²) in [6.45, 7) is 8.60. The molecule has 19 heavy (non-hydrogen) atoms. The van der Waals surface area contributed by atoms with Gasteiger partial charge in [0.15, 0.2) is 5.78 Å². The fourth-order valence-corrected chi connectivity index (χ4v) is 4.46. The van der Waals surface area contributed by atoms with Gasteiger partial charge in [0.2, 0.25) is 0 Å². The Labute approximate surface area is 118 Å². The van der Waals surface area contributed by atoms with E-state index in [9.17, 15) is 4.79 Å². The lowest BCUT2D eigenvalue weighted by Gasteiger charge is -2.39. The van der Waals surface area contributed by atoms with Gasteiger partial charge in [0.25, 0.3) is 0 Å². The molecule has 2 heterocycles. The van der Waals surface area contributed by atoms with Crippen LogP contribution in [0.15, 0.2) is 0 Å². The smallest absolute Gasteiger partial charge is 0.182 e. The first-order valence-corrected chi connectivity index (χ1v) is 7.95. The highest BCUT2D eigenvalue weighted by atomic mass is 32.1. The van der Waals surface area contributed by atoms with Crippen molar-refractivity contribution in [2.45, 2.75) is 51.9 Å². The number of Topliss-reactive ketones (excluding diaryl/α,β-unsaturated/α-hetero) is 1. The summed E-state index contributed by atoms with van der Waals surface area (Å²) in [5.74, 6) is 0.273. The normalized spacial score (nSPS) is 22.6. The maximum Gasteiger partial charge on any atom is 0.182 e. The first-order chi connectivity index (χ1) is 8.90. The van der Waals surface area contributed by atoms with Gasteiger partial charge < -0.3 is 5.32 Å². The van der Waals surface area contributed by atoms with Gasteiger partial charge >= 0.3 is 0 Å². The van der Waals surface area contributed by atoms with Gasteiger partial charge in [-0.25, -0.2) is 4.98 Å². The Hall–Kier alpha value is -0.740. The van der Waals surface area contributed by atoms with Crippen molar-refractivity contribution in [1.82, 2.24) is 10.3 Å². The lowest BCUT2D eigenvalue weighted by molar-refractivity contribution is 0.0833. The second kappa shape index (κ2) is 4.38. The molecule has 1 saturated heterocycles. The highest BCUT2D eigenvalue weighted by Crippen LogP contribution is 2.44. The van der Waals surface area contributed by atoms with Gasteiger partial charge in [-0.1, -0.05) is 20.8 Å². The van der Waals surface area contributed by atoms with E-state index in [2.05, 4.69) is 31.1 Å². The van der Waals surface area contributed by atoms with Crippen molar-refractivity contribution in [2.75, 3.05) is 13.1 Å². The van der Waals surface area contributed by atoms with E-state index < -0.39 is 0 Å². The molecule has 2 aliphatic rings. The minimum atomic E-state index is 0.0452. The molecule has 0 unspecified atom stereocenters. The van der Waals surface area contributed by atoms with Gasteiger partial charge in [-0.15, -0.1) is 11.3 Å². The molecule has 1 aliphatic carbocycles. The molecule has 3 rings (SSSR count). The average molecular weight is 278 g/mol. The molecule has 1 aromatic rings. The van der Waals surface area contributed by atoms with Gasteiger partial charge in [0.1, 0.15) is 5.69 Å². The fourth-order valence-electron chi connectivity index (χ4n) is 3.15. The largest absolute Gasteiger partial charge is 0.317 e. The number of thiazole rings is 1. The van der Waals surface area contributed by atoms with Crippen LogP contribution in [0.2, 0.25) is 0 Å². The van der Waals surface area contributed by atoms with E-state index in [1.807, 2.05) is 0 Å². The molecule has 1 spiro atoms. The van der Waals surface area contributed by atoms with Gasteiger partial charge in [0.05, 0.1) is 5.01 Å². The predicted molar refractivity (Wildman–Crippen MR) is 78.0 cm³/mol. The molecule has 0 aromatic carbocycles. The molecule has 4 heteroatoms. The molecule has 0 amide bonds. The van der Waals surface area contributed by atoms with Crippen LogP contribution in [0.1, 0.15) is 60.4 Å². The molecule has 1 fully saturated rings. The Morgan fingerprint density at radius 2 is 1.89 bits per heavy atom. The van der Waals surface area contributed by atoms with Crippen LogP contribution < -0.4 is 5.32 Å². The van der Waals surface area contributed by atoms with E-state index in [1.54, 1.807) is 11.3 Å². The summed E-state index contributed by atoms with van der Waals surface area (Å²) in [5.41, 5.74) is 1.04. The van der Waals surface area contributed by atoms with Crippen molar-refractivity contribution in [1.29, 1.82) is 0 Å².